The Balaban J connectivity index is 1.47. The highest BCUT2D eigenvalue weighted by molar-refractivity contribution is 6.30. The van der Waals surface area contributed by atoms with Gasteiger partial charge in [-0.3, -0.25) is 9.59 Å². The molecule has 0 unspecified atom stereocenters. The molecule has 2 amide bonds. The van der Waals surface area contributed by atoms with Gasteiger partial charge < -0.3 is 20.1 Å². The Morgan fingerprint density at radius 1 is 0.667 bits per heavy atom. The van der Waals surface area contributed by atoms with Crippen LogP contribution in [0.3, 0.4) is 0 Å². The minimum absolute atomic E-state index is 0.160. The third-order valence-electron chi connectivity index (χ3n) is 3.80. The predicted octanol–water partition coefficient (Wildman–Crippen LogP) is 5.03. The van der Waals surface area contributed by atoms with E-state index in [1.165, 1.54) is 0 Å². The van der Waals surface area contributed by atoms with Crippen LogP contribution in [0.1, 0.15) is 0 Å². The summed E-state index contributed by atoms with van der Waals surface area (Å²) in [6.07, 6.45) is 0. The molecule has 154 valence electrons. The number of carbonyl (C=O) groups excluding carboxylic acids is 2. The number of ether oxygens (including phenoxy) is 2. The van der Waals surface area contributed by atoms with Crippen molar-refractivity contribution in [3.63, 3.8) is 0 Å². The first-order chi connectivity index (χ1) is 14.5. The van der Waals surface area contributed by atoms with E-state index < -0.39 is 0 Å². The lowest BCUT2D eigenvalue weighted by Crippen LogP contribution is -2.21. The summed E-state index contributed by atoms with van der Waals surface area (Å²) in [7, 11) is 0. The Morgan fingerprint density at radius 3 is 1.47 bits per heavy atom. The highest BCUT2D eigenvalue weighted by Gasteiger charge is 2.07. The lowest BCUT2D eigenvalue weighted by atomic mass is 10.2. The molecule has 3 aromatic carbocycles. The molecule has 0 aliphatic carbocycles. The molecule has 0 spiro atoms. The molecule has 0 aliphatic rings. The Hall–Kier alpha value is -3.22. The minimum Gasteiger partial charge on any atom is -0.484 e. The van der Waals surface area contributed by atoms with E-state index in [0.717, 1.165) is 0 Å². The summed E-state index contributed by atoms with van der Waals surface area (Å²) in [6, 6.07) is 20.2. The van der Waals surface area contributed by atoms with Crippen molar-refractivity contribution >= 4 is 46.4 Å². The van der Waals surface area contributed by atoms with E-state index in [9.17, 15) is 9.59 Å². The fourth-order valence-electron chi connectivity index (χ4n) is 2.43. The zero-order chi connectivity index (χ0) is 21.3. The van der Waals surface area contributed by atoms with Gasteiger partial charge in [-0.25, -0.2) is 0 Å². The van der Waals surface area contributed by atoms with Gasteiger partial charge in [-0.05, 0) is 66.7 Å². The van der Waals surface area contributed by atoms with Gasteiger partial charge in [-0.15, -0.1) is 0 Å². The number of rotatable bonds is 8. The highest BCUT2D eigenvalue weighted by Crippen LogP contribution is 2.18. The summed E-state index contributed by atoms with van der Waals surface area (Å²) in [5, 5.41) is 6.61. The molecular formula is C22H18Cl2N2O4. The van der Waals surface area contributed by atoms with Crippen molar-refractivity contribution in [3.05, 3.63) is 82.8 Å². The molecular weight excluding hydrogens is 427 g/mol. The van der Waals surface area contributed by atoms with Crippen LogP contribution in [-0.2, 0) is 9.59 Å². The van der Waals surface area contributed by atoms with Gasteiger partial charge >= 0.3 is 0 Å². The quantitative estimate of drug-likeness (QED) is 0.510. The summed E-state index contributed by atoms with van der Waals surface area (Å²) in [5.74, 6) is 0.409. The zero-order valence-electron chi connectivity index (χ0n) is 15.7. The minimum atomic E-state index is -0.334. The van der Waals surface area contributed by atoms with E-state index in [4.69, 9.17) is 32.7 Å². The van der Waals surface area contributed by atoms with E-state index in [0.29, 0.717) is 32.9 Å². The van der Waals surface area contributed by atoms with Crippen LogP contribution in [0.4, 0.5) is 11.4 Å². The highest BCUT2D eigenvalue weighted by atomic mass is 35.5. The first kappa shape index (κ1) is 21.5. The maximum Gasteiger partial charge on any atom is 0.262 e. The second-order valence-corrected chi connectivity index (χ2v) is 7.04. The van der Waals surface area contributed by atoms with Crippen molar-refractivity contribution in [2.75, 3.05) is 23.8 Å². The van der Waals surface area contributed by atoms with Crippen LogP contribution >= 0.6 is 23.2 Å². The molecule has 0 aliphatic heterocycles. The van der Waals surface area contributed by atoms with Crippen molar-refractivity contribution < 1.29 is 19.1 Å². The van der Waals surface area contributed by atoms with E-state index in [2.05, 4.69) is 10.6 Å². The number of carbonyl (C=O) groups is 2. The Morgan fingerprint density at radius 2 is 1.07 bits per heavy atom. The molecule has 0 bridgehead atoms. The maximum atomic E-state index is 12.1. The van der Waals surface area contributed by atoms with Gasteiger partial charge in [0, 0.05) is 21.4 Å². The molecule has 30 heavy (non-hydrogen) atoms. The number of benzene rings is 3. The zero-order valence-corrected chi connectivity index (χ0v) is 17.2. The van der Waals surface area contributed by atoms with Crippen molar-refractivity contribution in [1.29, 1.82) is 0 Å². The average Bonchev–Trinajstić information content (AvgIpc) is 2.73. The molecule has 0 saturated carbocycles. The monoisotopic (exact) mass is 444 g/mol. The lowest BCUT2D eigenvalue weighted by molar-refractivity contribution is -0.118. The molecule has 0 fully saturated rings. The van der Waals surface area contributed by atoms with Crippen LogP contribution < -0.4 is 20.1 Å². The Kier molecular flexibility index (Phi) is 7.54. The summed E-state index contributed by atoms with van der Waals surface area (Å²) < 4.78 is 10.8. The molecule has 8 heteroatoms. The molecule has 3 rings (SSSR count). The van der Waals surface area contributed by atoms with Crippen molar-refractivity contribution in [1.82, 2.24) is 0 Å². The number of nitrogens with one attached hydrogen (secondary N) is 2. The van der Waals surface area contributed by atoms with Crippen LogP contribution in [0.5, 0.6) is 11.5 Å². The normalized spacial score (nSPS) is 10.2. The first-order valence-corrected chi connectivity index (χ1v) is 9.70. The largest absolute Gasteiger partial charge is 0.484 e. The van der Waals surface area contributed by atoms with Gasteiger partial charge in [0.15, 0.2) is 13.2 Å². The van der Waals surface area contributed by atoms with Crippen LogP contribution in [-0.4, -0.2) is 25.0 Å². The Bertz CT molecular complexity index is 930. The fourth-order valence-corrected chi connectivity index (χ4v) is 2.68. The van der Waals surface area contributed by atoms with E-state index in [1.54, 1.807) is 72.8 Å². The van der Waals surface area contributed by atoms with E-state index in [-0.39, 0.29) is 25.0 Å². The van der Waals surface area contributed by atoms with Crippen LogP contribution in [0, 0.1) is 0 Å². The number of halogens is 2. The summed E-state index contributed by atoms with van der Waals surface area (Å²) in [6.45, 7) is -0.319. The van der Waals surface area contributed by atoms with Gasteiger partial charge in [-0.1, -0.05) is 29.3 Å². The van der Waals surface area contributed by atoms with Gasteiger partial charge in [0.1, 0.15) is 11.5 Å². The number of hydrogen-bond acceptors (Lipinski definition) is 4. The topological polar surface area (TPSA) is 76.7 Å². The maximum absolute atomic E-state index is 12.1. The first-order valence-electron chi connectivity index (χ1n) is 8.94. The van der Waals surface area contributed by atoms with Crippen molar-refractivity contribution in [2.45, 2.75) is 0 Å². The van der Waals surface area contributed by atoms with Crippen LogP contribution in [0.25, 0.3) is 0 Å². The fraction of sp³-hybridized carbons (Fsp3) is 0.0909. The SMILES string of the molecule is O=C(COc1ccc(Cl)cc1)Nc1cccc(NC(=O)COc2ccc(Cl)cc2)c1. The number of anilines is 2. The van der Waals surface area contributed by atoms with Gasteiger partial charge in [0.05, 0.1) is 0 Å². The standard InChI is InChI=1S/C22H18Cl2N2O4/c23-15-4-8-19(9-5-15)29-13-21(27)25-17-2-1-3-18(12-17)26-22(28)14-30-20-10-6-16(24)7-11-20/h1-12H,13-14H2,(H,25,27)(H,26,28). The second-order valence-electron chi connectivity index (χ2n) is 6.16. The molecule has 0 heterocycles. The molecule has 3 aromatic rings. The lowest BCUT2D eigenvalue weighted by Gasteiger charge is -2.10. The number of hydrogen-bond donors (Lipinski definition) is 2. The van der Waals surface area contributed by atoms with Crippen LogP contribution in [0.15, 0.2) is 72.8 Å². The summed E-state index contributed by atoms with van der Waals surface area (Å²) in [4.78, 5) is 24.2. The third kappa shape index (κ3) is 6.99. The molecule has 0 aromatic heterocycles. The third-order valence-corrected chi connectivity index (χ3v) is 4.30. The van der Waals surface area contributed by atoms with Gasteiger partial charge in [-0.2, -0.15) is 0 Å². The molecule has 0 saturated heterocycles. The smallest absolute Gasteiger partial charge is 0.262 e. The molecule has 2 N–H and O–H groups in total. The second kappa shape index (κ2) is 10.5. The van der Waals surface area contributed by atoms with Gasteiger partial charge in [0.2, 0.25) is 0 Å². The average molecular weight is 445 g/mol. The van der Waals surface area contributed by atoms with Gasteiger partial charge in [0.25, 0.3) is 11.8 Å². The predicted molar refractivity (Wildman–Crippen MR) is 118 cm³/mol. The molecule has 0 atom stereocenters. The Labute approximate surface area is 183 Å². The van der Waals surface area contributed by atoms with Crippen LogP contribution in [0.2, 0.25) is 10.0 Å². The van der Waals surface area contributed by atoms with E-state index in [1.807, 2.05) is 0 Å². The molecule has 6 nitrogen and oxygen atoms in total. The molecule has 0 radical (unpaired) electrons. The number of amides is 2. The van der Waals surface area contributed by atoms with Crippen molar-refractivity contribution in [3.8, 4) is 11.5 Å². The van der Waals surface area contributed by atoms with E-state index >= 15 is 0 Å². The summed E-state index contributed by atoms with van der Waals surface area (Å²) in [5.41, 5.74) is 1.05. The van der Waals surface area contributed by atoms with Crippen molar-refractivity contribution in [2.24, 2.45) is 0 Å². The summed E-state index contributed by atoms with van der Waals surface area (Å²) >= 11 is 11.6.